The summed E-state index contributed by atoms with van der Waals surface area (Å²) >= 11 is 6.46. The van der Waals surface area contributed by atoms with Gasteiger partial charge in [0.15, 0.2) is 0 Å². The van der Waals surface area contributed by atoms with Crippen LogP contribution in [0.2, 0.25) is 5.02 Å². The van der Waals surface area contributed by atoms with E-state index in [0.29, 0.717) is 12.3 Å². The summed E-state index contributed by atoms with van der Waals surface area (Å²) < 4.78 is 0. The van der Waals surface area contributed by atoms with Gasteiger partial charge in [0.05, 0.1) is 6.42 Å². The Kier molecular flexibility index (Phi) is 3.74. The Morgan fingerprint density at radius 3 is 2.85 bits per heavy atom. The normalized spacial score (nSPS) is 20.4. The first-order chi connectivity index (χ1) is 9.60. The van der Waals surface area contributed by atoms with E-state index in [1.165, 1.54) is 12.8 Å². The van der Waals surface area contributed by atoms with E-state index >= 15 is 0 Å². The van der Waals surface area contributed by atoms with Crippen LogP contribution in [0.15, 0.2) is 12.1 Å². The van der Waals surface area contributed by atoms with Crippen LogP contribution in [0.25, 0.3) is 0 Å². The minimum Gasteiger partial charge on any atom is -0.325 e. The zero-order valence-corrected chi connectivity index (χ0v) is 12.8. The van der Waals surface area contributed by atoms with Crippen molar-refractivity contribution in [1.82, 2.24) is 5.32 Å². The third-order valence-electron chi connectivity index (χ3n) is 4.50. The van der Waals surface area contributed by atoms with Gasteiger partial charge in [-0.3, -0.25) is 4.79 Å². The molecule has 3 nitrogen and oxygen atoms in total. The van der Waals surface area contributed by atoms with Gasteiger partial charge in [-0.25, -0.2) is 0 Å². The number of hydrogen-bond acceptors (Lipinski definition) is 2. The molecule has 2 unspecified atom stereocenters. The standard InChI is InChI=1S/C16H21ClN2O/c1-3-18-16(9(2)10-4-5-10)12-6-11-7-15(20)19-14(11)8-13(12)17/h6,8-10,16,18H,3-5,7H2,1-2H3,(H,19,20). The van der Waals surface area contributed by atoms with E-state index in [9.17, 15) is 4.79 Å². The maximum absolute atomic E-state index is 11.5. The molecule has 1 heterocycles. The summed E-state index contributed by atoms with van der Waals surface area (Å²) in [4.78, 5) is 11.5. The van der Waals surface area contributed by atoms with Gasteiger partial charge >= 0.3 is 0 Å². The number of anilines is 1. The van der Waals surface area contributed by atoms with Gasteiger partial charge in [0.25, 0.3) is 0 Å². The molecule has 0 radical (unpaired) electrons. The quantitative estimate of drug-likeness (QED) is 0.872. The summed E-state index contributed by atoms with van der Waals surface area (Å²) in [5.41, 5.74) is 3.08. The molecule has 2 atom stereocenters. The van der Waals surface area contributed by atoms with E-state index in [1.807, 2.05) is 6.07 Å². The maximum Gasteiger partial charge on any atom is 0.228 e. The van der Waals surface area contributed by atoms with Gasteiger partial charge in [-0.15, -0.1) is 0 Å². The van der Waals surface area contributed by atoms with E-state index in [0.717, 1.165) is 34.3 Å². The lowest BCUT2D eigenvalue weighted by Crippen LogP contribution is -2.28. The average Bonchev–Trinajstić information content (AvgIpc) is 3.18. The van der Waals surface area contributed by atoms with Gasteiger partial charge in [-0.2, -0.15) is 0 Å². The lowest BCUT2D eigenvalue weighted by atomic mass is 9.89. The first kappa shape index (κ1) is 13.9. The van der Waals surface area contributed by atoms with Gasteiger partial charge in [0.1, 0.15) is 0 Å². The Hall–Kier alpha value is -1.06. The first-order valence-electron chi connectivity index (χ1n) is 7.45. The third-order valence-corrected chi connectivity index (χ3v) is 4.83. The van der Waals surface area contributed by atoms with Crippen molar-refractivity contribution in [1.29, 1.82) is 0 Å². The summed E-state index contributed by atoms with van der Waals surface area (Å²) in [6, 6.07) is 4.30. The molecule has 2 N–H and O–H groups in total. The largest absolute Gasteiger partial charge is 0.325 e. The molecule has 1 aliphatic heterocycles. The third kappa shape index (κ3) is 2.57. The predicted octanol–water partition coefficient (Wildman–Crippen LogP) is 3.53. The van der Waals surface area contributed by atoms with Gasteiger partial charge in [-0.05, 0) is 48.4 Å². The molecule has 3 rings (SSSR count). The highest BCUT2D eigenvalue weighted by Crippen LogP contribution is 2.44. The summed E-state index contributed by atoms with van der Waals surface area (Å²) in [7, 11) is 0. The fraction of sp³-hybridized carbons (Fsp3) is 0.562. The number of carbonyl (C=O) groups is 1. The summed E-state index contributed by atoms with van der Waals surface area (Å²) in [6.07, 6.45) is 3.12. The number of nitrogens with one attached hydrogen (secondary N) is 2. The zero-order chi connectivity index (χ0) is 14.3. The Morgan fingerprint density at radius 1 is 1.45 bits per heavy atom. The molecule has 0 bridgehead atoms. The molecule has 108 valence electrons. The molecule has 1 saturated carbocycles. The summed E-state index contributed by atoms with van der Waals surface area (Å²) in [6.45, 7) is 5.35. The molecule has 0 aromatic heterocycles. The van der Waals surface area contributed by atoms with Crippen LogP contribution in [0, 0.1) is 11.8 Å². The molecule has 1 aliphatic carbocycles. The minimum atomic E-state index is 0.0588. The molecular weight excluding hydrogens is 272 g/mol. The molecule has 0 spiro atoms. The Labute approximate surface area is 125 Å². The Balaban J connectivity index is 1.94. The average molecular weight is 293 g/mol. The number of hydrogen-bond donors (Lipinski definition) is 2. The monoisotopic (exact) mass is 292 g/mol. The van der Waals surface area contributed by atoms with Crippen molar-refractivity contribution in [3.8, 4) is 0 Å². The molecule has 4 heteroatoms. The minimum absolute atomic E-state index is 0.0588. The van der Waals surface area contributed by atoms with E-state index in [-0.39, 0.29) is 11.9 Å². The molecule has 2 aliphatic rings. The van der Waals surface area contributed by atoms with Gasteiger partial charge in [0.2, 0.25) is 5.91 Å². The number of benzene rings is 1. The van der Waals surface area contributed by atoms with Crippen LogP contribution in [0.1, 0.15) is 43.9 Å². The van der Waals surface area contributed by atoms with Crippen LogP contribution in [-0.2, 0) is 11.2 Å². The molecule has 1 fully saturated rings. The van der Waals surface area contributed by atoms with Crippen molar-refractivity contribution >= 4 is 23.2 Å². The zero-order valence-electron chi connectivity index (χ0n) is 12.0. The highest BCUT2D eigenvalue weighted by Gasteiger charge is 2.35. The number of fused-ring (bicyclic) bond motifs is 1. The highest BCUT2D eigenvalue weighted by molar-refractivity contribution is 6.32. The van der Waals surface area contributed by atoms with E-state index in [2.05, 4.69) is 30.5 Å². The van der Waals surface area contributed by atoms with E-state index < -0.39 is 0 Å². The van der Waals surface area contributed by atoms with Gasteiger partial charge in [0, 0.05) is 16.8 Å². The summed E-state index contributed by atoms with van der Waals surface area (Å²) in [5, 5.41) is 7.18. The second-order valence-corrected chi connectivity index (χ2v) is 6.39. The van der Waals surface area contributed by atoms with E-state index in [1.54, 1.807) is 0 Å². The van der Waals surface area contributed by atoms with E-state index in [4.69, 9.17) is 11.6 Å². The van der Waals surface area contributed by atoms with Crippen molar-refractivity contribution < 1.29 is 4.79 Å². The van der Waals surface area contributed by atoms with Crippen molar-refractivity contribution in [3.63, 3.8) is 0 Å². The van der Waals surface area contributed by atoms with Crippen LogP contribution in [0.5, 0.6) is 0 Å². The molecule has 1 aromatic rings. The topological polar surface area (TPSA) is 41.1 Å². The van der Waals surface area contributed by atoms with Crippen LogP contribution in [-0.4, -0.2) is 12.5 Å². The summed E-state index contributed by atoms with van der Waals surface area (Å²) in [5.74, 6) is 1.45. The van der Waals surface area contributed by atoms with Crippen molar-refractivity contribution in [3.05, 3.63) is 28.3 Å². The van der Waals surface area contributed by atoms with Crippen LogP contribution < -0.4 is 10.6 Å². The fourth-order valence-electron chi connectivity index (χ4n) is 3.20. The second-order valence-electron chi connectivity index (χ2n) is 5.99. The number of amides is 1. The second kappa shape index (κ2) is 5.38. The molecule has 1 aromatic carbocycles. The lowest BCUT2D eigenvalue weighted by molar-refractivity contribution is -0.115. The number of carbonyl (C=O) groups excluding carboxylic acids is 1. The fourth-order valence-corrected chi connectivity index (χ4v) is 3.48. The molecule has 0 saturated heterocycles. The van der Waals surface area contributed by atoms with Crippen LogP contribution >= 0.6 is 11.6 Å². The SMILES string of the molecule is CCNC(c1cc2c(cc1Cl)NC(=O)C2)C(C)C1CC1. The van der Waals surface area contributed by atoms with Crippen LogP contribution in [0.4, 0.5) is 5.69 Å². The van der Waals surface area contributed by atoms with Crippen LogP contribution in [0.3, 0.4) is 0 Å². The smallest absolute Gasteiger partial charge is 0.228 e. The first-order valence-corrected chi connectivity index (χ1v) is 7.83. The number of halogens is 1. The lowest BCUT2D eigenvalue weighted by Gasteiger charge is -2.26. The van der Waals surface area contributed by atoms with Crippen molar-refractivity contribution in [2.24, 2.45) is 11.8 Å². The Bertz CT molecular complexity index is 540. The van der Waals surface area contributed by atoms with Crippen molar-refractivity contribution in [2.45, 2.75) is 39.2 Å². The van der Waals surface area contributed by atoms with Gasteiger partial charge < -0.3 is 10.6 Å². The molecule has 1 amide bonds. The molecule has 20 heavy (non-hydrogen) atoms. The number of rotatable bonds is 5. The maximum atomic E-state index is 11.5. The Morgan fingerprint density at radius 2 is 2.20 bits per heavy atom. The predicted molar refractivity (Wildman–Crippen MR) is 82.1 cm³/mol. The van der Waals surface area contributed by atoms with Gasteiger partial charge in [-0.1, -0.05) is 31.5 Å². The highest BCUT2D eigenvalue weighted by atomic mass is 35.5. The molecular formula is C16H21ClN2O. The van der Waals surface area contributed by atoms with Crippen molar-refractivity contribution in [2.75, 3.05) is 11.9 Å².